The van der Waals surface area contributed by atoms with Crippen LogP contribution in [0, 0.1) is 0 Å². The van der Waals surface area contributed by atoms with Crippen LogP contribution >= 0.6 is 15.9 Å². The van der Waals surface area contributed by atoms with E-state index in [9.17, 15) is 4.79 Å². The highest BCUT2D eigenvalue weighted by Gasteiger charge is 2.19. The molecule has 4 nitrogen and oxygen atoms in total. The molecule has 1 aliphatic heterocycles. The summed E-state index contributed by atoms with van der Waals surface area (Å²) in [5.41, 5.74) is 9.11. The van der Waals surface area contributed by atoms with Gasteiger partial charge in [-0.25, -0.2) is 4.79 Å². The first kappa shape index (κ1) is 13.2. The third kappa shape index (κ3) is 2.77. The highest BCUT2D eigenvalue weighted by molar-refractivity contribution is 9.10. The first-order valence-electron chi connectivity index (χ1n) is 6.10. The molecule has 0 saturated carbocycles. The summed E-state index contributed by atoms with van der Waals surface area (Å²) in [5.74, 6) is 0. The van der Waals surface area contributed by atoms with E-state index in [1.165, 1.54) is 11.1 Å². The predicted octanol–water partition coefficient (Wildman–Crippen LogP) is 2.59. The third-order valence-corrected chi connectivity index (χ3v) is 3.83. The van der Waals surface area contributed by atoms with Crippen molar-refractivity contribution in [2.24, 2.45) is 0 Å². The number of ether oxygens (including phenoxy) is 1. The number of nitrogen functional groups attached to an aromatic ring is 1. The highest BCUT2D eigenvalue weighted by Crippen LogP contribution is 2.26. The number of fused-ring (bicyclic) bond motifs is 1. The fourth-order valence-electron chi connectivity index (χ4n) is 2.16. The molecule has 5 heteroatoms. The summed E-state index contributed by atoms with van der Waals surface area (Å²) >= 11 is 3.44. The van der Waals surface area contributed by atoms with Crippen molar-refractivity contribution in [3.8, 4) is 0 Å². The van der Waals surface area contributed by atoms with E-state index >= 15 is 0 Å². The minimum Gasteiger partial charge on any atom is -0.450 e. The summed E-state index contributed by atoms with van der Waals surface area (Å²) in [6.07, 6.45) is 1.44. The van der Waals surface area contributed by atoms with E-state index in [1.54, 1.807) is 4.90 Å². The molecule has 0 fully saturated rings. The van der Waals surface area contributed by atoms with Gasteiger partial charge in [-0.15, -0.1) is 0 Å². The second-order valence-electron chi connectivity index (χ2n) is 4.33. The standard InChI is InChI=1S/C13H17BrN2O2/c1-2-18-13(17)16-5-3-9-7-11(14)12(15)8-10(9)4-6-16/h7-8H,2-6,15H2,1H3. The number of benzene rings is 1. The molecule has 0 atom stereocenters. The molecule has 1 amide bonds. The number of nitrogens with zero attached hydrogens (tertiary/aromatic N) is 1. The van der Waals surface area contributed by atoms with Gasteiger partial charge in [0.05, 0.1) is 6.61 Å². The van der Waals surface area contributed by atoms with Gasteiger partial charge in [-0.05, 0) is 59.0 Å². The number of amides is 1. The van der Waals surface area contributed by atoms with E-state index in [0.29, 0.717) is 19.7 Å². The van der Waals surface area contributed by atoms with Crippen molar-refractivity contribution in [2.75, 3.05) is 25.4 Å². The Morgan fingerprint density at radius 2 is 2.00 bits per heavy atom. The Morgan fingerprint density at radius 3 is 2.61 bits per heavy atom. The van der Waals surface area contributed by atoms with Gasteiger partial charge in [0, 0.05) is 23.2 Å². The summed E-state index contributed by atoms with van der Waals surface area (Å²) in [5, 5.41) is 0. The van der Waals surface area contributed by atoms with Crippen LogP contribution in [-0.2, 0) is 17.6 Å². The molecule has 2 N–H and O–H groups in total. The van der Waals surface area contributed by atoms with E-state index in [2.05, 4.69) is 22.0 Å². The Labute approximate surface area is 115 Å². The number of rotatable bonds is 1. The van der Waals surface area contributed by atoms with Crippen LogP contribution in [0.2, 0.25) is 0 Å². The van der Waals surface area contributed by atoms with Crippen LogP contribution < -0.4 is 5.73 Å². The Hall–Kier alpha value is -1.23. The summed E-state index contributed by atoms with van der Waals surface area (Å²) in [7, 11) is 0. The Morgan fingerprint density at radius 1 is 1.39 bits per heavy atom. The molecular weight excluding hydrogens is 296 g/mol. The molecule has 1 aliphatic rings. The fourth-order valence-corrected chi connectivity index (χ4v) is 2.55. The summed E-state index contributed by atoms with van der Waals surface area (Å²) in [6, 6.07) is 4.05. The van der Waals surface area contributed by atoms with Gasteiger partial charge in [-0.2, -0.15) is 0 Å². The lowest BCUT2D eigenvalue weighted by Crippen LogP contribution is -2.33. The molecular formula is C13H17BrN2O2. The van der Waals surface area contributed by atoms with Gasteiger partial charge in [-0.3, -0.25) is 0 Å². The molecule has 98 valence electrons. The predicted molar refractivity (Wildman–Crippen MR) is 74.6 cm³/mol. The summed E-state index contributed by atoms with van der Waals surface area (Å²) in [6.45, 7) is 3.62. The molecule has 0 unspecified atom stereocenters. The first-order chi connectivity index (χ1) is 8.61. The lowest BCUT2D eigenvalue weighted by atomic mass is 10.0. The molecule has 0 radical (unpaired) electrons. The van der Waals surface area contributed by atoms with Gasteiger partial charge in [0.2, 0.25) is 0 Å². The van der Waals surface area contributed by atoms with Gasteiger partial charge < -0.3 is 15.4 Å². The second kappa shape index (κ2) is 5.61. The maximum atomic E-state index is 11.7. The average molecular weight is 313 g/mol. The zero-order valence-corrected chi connectivity index (χ0v) is 12.0. The quantitative estimate of drug-likeness (QED) is 0.811. The van der Waals surface area contributed by atoms with Gasteiger partial charge in [0.25, 0.3) is 0 Å². The fraction of sp³-hybridized carbons (Fsp3) is 0.462. The lowest BCUT2D eigenvalue weighted by molar-refractivity contribution is 0.109. The van der Waals surface area contributed by atoms with Crippen LogP contribution in [0.4, 0.5) is 10.5 Å². The van der Waals surface area contributed by atoms with Gasteiger partial charge in [-0.1, -0.05) is 0 Å². The summed E-state index contributed by atoms with van der Waals surface area (Å²) in [4.78, 5) is 13.5. The van der Waals surface area contributed by atoms with Crippen molar-refractivity contribution in [1.29, 1.82) is 0 Å². The molecule has 2 rings (SSSR count). The van der Waals surface area contributed by atoms with Crippen LogP contribution in [-0.4, -0.2) is 30.7 Å². The maximum Gasteiger partial charge on any atom is 0.409 e. The third-order valence-electron chi connectivity index (χ3n) is 3.15. The Kier molecular flexibility index (Phi) is 4.11. The van der Waals surface area contributed by atoms with Crippen LogP contribution in [0.1, 0.15) is 18.1 Å². The monoisotopic (exact) mass is 312 g/mol. The van der Waals surface area contributed by atoms with Gasteiger partial charge in [0.1, 0.15) is 0 Å². The first-order valence-corrected chi connectivity index (χ1v) is 6.89. The molecule has 18 heavy (non-hydrogen) atoms. The number of anilines is 1. The number of hydrogen-bond donors (Lipinski definition) is 1. The maximum absolute atomic E-state index is 11.7. The van der Waals surface area contributed by atoms with E-state index in [4.69, 9.17) is 10.5 Å². The number of halogens is 1. The van der Waals surface area contributed by atoms with Crippen molar-refractivity contribution in [3.05, 3.63) is 27.7 Å². The topological polar surface area (TPSA) is 55.6 Å². The lowest BCUT2D eigenvalue weighted by Gasteiger charge is -2.18. The van der Waals surface area contributed by atoms with Crippen molar-refractivity contribution >= 4 is 27.7 Å². The smallest absolute Gasteiger partial charge is 0.409 e. The van der Waals surface area contributed by atoms with Crippen molar-refractivity contribution in [3.63, 3.8) is 0 Å². The van der Waals surface area contributed by atoms with E-state index in [-0.39, 0.29) is 6.09 Å². The highest BCUT2D eigenvalue weighted by atomic mass is 79.9. The zero-order chi connectivity index (χ0) is 13.1. The molecule has 0 bridgehead atoms. The minimum absolute atomic E-state index is 0.225. The molecule has 1 heterocycles. The van der Waals surface area contributed by atoms with Crippen LogP contribution in [0.25, 0.3) is 0 Å². The molecule has 1 aromatic rings. The summed E-state index contributed by atoms with van der Waals surface area (Å²) < 4.78 is 5.96. The van der Waals surface area contributed by atoms with Crippen LogP contribution in [0.5, 0.6) is 0 Å². The van der Waals surface area contributed by atoms with Crippen molar-refractivity contribution in [2.45, 2.75) is 19.8 Å². The van der Waals surface area contributed by atoms with E-state index < -0.39 is 0 Å². The molecule has 1 aromatic carbocycles. The molecule has 0 aliphatic carbocycles. The molecule has 0 aromatic heterocycles. The normalized spacial score (nSPS) is 14.9. The van der Waals surface area contributed by atoms with Crippen molar-refractivity contribution in [1.82, 2.24) is 4.90 Å². The number of hydrogen-bond acceptors (Lipinski definition) is 3. The van der Waals surface area contributed by atoms with Gasteiger partial charge in [0.15, 0.2) is 0 Å². The number of carbonyl (C=O) groups excluding carboxylic acids is 1. The zero-order valence-electron chi connectivity index (χ0n) is 10.4. The second-order valence-corrected chi connectivity index (χ2v) is 5.18. The largest absolute Gasteiger partial charge is 0.450 e. The molecule has 0 spiro atoms. The SMILES string of the molecule is CCOC(=O)N1CCc2cc(N)c(Br)cc2CC1. The Bertz CT molecular complexity index is 430. The average Bonchev–Trinajstić information content (AvgIpc) is 2.53. The van der Waals surface area contributed by atoms with E-state index in [0.717, 1.165) is 23.0 Å². The number of nitrogens with two attached hydrogens (primary N) is 1. The Balaban J connectivity index is 2.14. The number of carbonyl (C=O) groups is 1. The minimum atomic E-state index is -0.225. The van der Waals surface area contributed by atoms with Crippen molar-refractivity contribution < 1.29 is 9.53 Å². The van der Waals surface area contributed by atoms with Gasteiger partial charge >= 0.3 is 6.09 Å². The van der Waals surface area contributed by atoms with E-state index in [1.807, 2.05) is 13.0 Å². The molecule has 0 saturated heterocycles. The van der Waals surface area contributed by atoms with Crippen LogP contribution in [0.15, 0.2) is 16.6 Å². The van der Waals surface area contributed by atoms with Crippen LogP contribution in [0.3, 0.4) is 0 Å².